The second kappa shape index (κ2) is 9.18. The van der Waals surface area contributed by atoms with E-state index in [-0.39, 0.29) is 18.5 Å². The third-order valence-corrected chi connectivity index (χ3v) is 5.39. The van der Waals surface area contributed by atoms with E-state index in [1.807, 2.05) is 25.1 Å². The molecule has 0 unspecified atom stereocenters. The van der Waals surface area contributed by atoms with Crippen molar-refractivity contribution in [3.63, 3.8) is 0 Å². The Kier molecular flexibility index (Phi) is 6.16. The van der Waals surface area contributed by atoms with Crippen LogP contribution in [0, 0.1) is 18.6 Å². The van der Waals surface area contributed by atoms with Gasteiger partial charge in [0.1, 0.15) is 0 Å². The van der Waals surface area contributed by atoms with Crippen molar-refractivity contribution in [1.29, 1.82) is 0 Å². The summed E-state index contributed by atoms with van der Waals surface area (Å²) in [6.07, 6.45) is 0.751. The molecule has 0 atom stereocenters. The summed E-state index contributed by atoms with van der Waals surface area (Å²) in [5, 5.41) is 2.86. The van der Waals surface area contributed by atoms with Crippen molar-refractivity contribution < 1.29 is 18.4 Å². The van der Waals surface area contributed by atoms with Gasteiger partial charge < -0.3 is 10.2 Å². The summed E-state index contributed by atoms with van der Waals surface area (Å²) in [6, 6.07) is 17.9. The molecule has 1 N–H and O–H groups in total. The number of aryl methyl sites for hydroxylation is 1. The lowest BCUT2D eigenvalue weighted by Crippen LogP contribution is -2.49. The number of nitrogens with one attached hydrogen (secondary N) is 1. The molecule has 1 saturated heterocycles. The van der Waals surface area contributed by atoms with Gasteiger partial charge in [0, 0.05) is 36.6 Å². The minimum Gasteiger partial charge on any atom is -0.322 e. The van der Waals surface area contributed by atoms with Gasteiger partial charge in [0.2, 0.25) is 0 Å². The summed E-state index contributed by atoms with van der Waals surface area (Å²) in [4.78, 5) is 28.7. The van der Waals surface area contributed by atoms with Crippen LogP contribution in [-0.2, 0) is 6.54 Å². The molecule has 0 aromatic heterocycles. The van der Waals surface area contributed by atoms with Crippen LogP contribution in [0.1, 0.15) is 27.9 Å². The molecule has 0 saturated carbocycles. The Morgan fingerprint density at radius 1 is 0.969 bits per heavy atom. The first kappa shape index (κ1) is 21.5. The van der Waals surface area contributed by atoms with E-state index in [2.05, 4.69) is 5.32 Å². The highest BCUT2D eigenvalue weighted by molar-refractivity contribution is 6.04. The van der Waals surface area contributed by atoms with Crippen molar-refractivity contribution >= 4 is 23.3 Å². The fourth-order valence-corrected chi connectivity index (χ4v) is 3.74. The molecule has 7 heteroatoms. The van der Waals surface area contributed by atoms with Gasteiger partial charge in [0.25, 0.3) is 5.91 Å². The van der Waals surface area contributed by atoms with Crippen molar-refractivity contribution in [3.05, 3.63) is 95.1 Å². The standard InChI is InChI=1S/C25H23F2N3O2/c1-17-4-2-5-19(14-17)24(31)28-20-7-9-21(10-8-20)30-13-3-12-29(25(30)32)16-18-6-11-22(26)23(27)15-18/h2,4-11,14-15H,3,12-13,16H2,1H3,(H,28,31). The van der Waals surface area contributed by atoms with Crippen LogP contribution in [0.5, 0.6) is 0 Å². The van der Waals surface area contributed by atoms with Crippen molar-refractivity contribution in [2.75, 3.05) is 23.3 Å². The lowest BCUT2D eigenvalue weighted by molar-refractivity contribution is 0.102. The number of benzene rings is 3. The molecule has 3 aromatic carbocycles. The highest BCUT2D eigenvalue weighted by atomic mass is 19.2. The third-order valence-electron chi connectivity index (χ3n) is 5.39. The zero-order valence-corrected chi connectivity index (χ0v) is 17.6. The number of rotatable bonds is 5. The Balaban J connectivity index is 1.43. The maximum atomic E-state index is 13.5. The molecule has 1 aliphatic rings. The SMILES string of the molecule is Cc1cccc(C(=O)Nc2ccc(N3CCCN(Cc4ccc(F)c(F)c4)C3=O)cc2)c1. The molecule has 4 rings (SSSR count). The Labute approximate surface area is 185 Å². The van der Waals surface area contributed by atoms with Gasteiger partial charge in [-0.1, -0.05) is 23.8 Å². The van der Waals surface area contributed by atoms with Gasteiger partial charge in [0.05, 0.1) is 0 Å². The minimum absolute atomic E-state index is 0.197. The van der Waals surface area contributed by atoms with Crippen LogP contribution in [-0.4, -0.2) is 29.9 Å². The molecule has 1 aliphatic heterocycles. The van der Waals surface area contributed by atoms with Crippen molar-refractivity contribution in [2.45, 2.75) is 19.9 Å². The summed E-state index contributed by atoms with van der Waals surface area (Å²) in [5.74, 6) is -2.03. The normalized spacial score (nSPS) is 13.9. The number of nitrogens with zero attached hydrogens (tertiary/aromatic N) is 2. The zero-order chi connectivity index (χ0) is 22.7. The molecule has 32 heavy (non-hydrogen) atoms. The topological polar surface area (TPSA) is 52.7 Å². The van der Waals surface area contributed by atoms with E-state index in [4.69, 9.17) is 0 Å². The molecule has 0 aliphatic carbocycles. The van der Waals surface area contributed by atoms with Crippen LogP contribution in [0.25, 0.3) is 0 Å². The number of hydrogen-bond donors (Lipinski definition) is 1. The first-order chi connectivity index (χ1) is 15.4. The lowest BCUT2D eigenvalue weighted by atomic mass is 10.1. The van der Waals surface area contributed by atoms with Gasteiger partial charge in [-0.3, -0.25) is 9.69 Å². The number of urea groups is 1. The van der Waals surface area contributed by atoms with E-state index in [0.29, 0.717) is 35.6 Å². The zero-order valence-electron chi connectivity index (χ0n) is 17.6. The Morgan fingerprint density at radius 3 is 2.47 bits per heavy atom. The van der Waals surface area contributed by atoms with E-state index in [9.17, 15) is 18.4 Å². The van der Waals surface area contributed by atoms with Gasteiger partial charge in [-0.05, 0) is 67.4 Å². The highest BCUT2D eigenvalue weighted by Crippen LogP contribution is 2.24. The van der Waals surface area contributed by atoms with Gasteiger partial charge in [-0.2, -0.15) is 0 Å². The van der Waals surface area contributed by atoms with Crippen molar-refractivity contribution in [1.82, 2.24) is 4.90 Å². The number of carbonyl (C=O) groups excluding carboxylic acids is 2. The maximum Gasteiger partial charge on any atom is 0.324 e. The molecule has 0 bridgehead atoms. The first-order valence-corrected chi connectivity index (χ1v) is 10.4. The summed E-state index contributed by atoms with van der Waals surface area (Å²) in [5.41, 5.74) is 3.45. The molecule has 5 nitrogen and oxygen atoms in total. The van der Waals surface area contributed by atoms with E-state index in [1.54, 1.807) is 40.1 Å². The van der Waals surface area contributed by atoms with Gasteiger partial charge in [-0.15, -0.1) is 0 Å². The average Bonchev–Trinajstić information content (AvgIpc) is 2.78. The van der Waals surface area contributed by atoms with Gasteiger partial charge in [-0.25, -0.2) is 13.6 Å². The summed E-state index contributed by atoms with van der Waals surface area (Å²) < 4.78 is 26.7. The van der Waals surface area contributed by atoms with Crippen LogP contribution < -0.4 is 10.2 Å². The second-order valence-electron chi connectivity index (χ2n) is 7.83. The molecule has 1 heterocycles. The number of carbonyl (C=O) groups is 2. The second-order valence-corrected chi connectivity index (χ2v) is 7.83. The fourth-order valence-electron chi connectivity index (χ4n) is 3.74. The van der Waals surface area contributed by atoms with Crippen LogP contribution in [0.4, 0.5) is 25.0 Å². The highest BCUT2D eigenvalue weighted by Gasteiger charge is 2.27. The molecular formula is C25H23F2N3O2. The molecule has 3 aromatic rings. The summed E-state index contributed by atoms with van der Waals surface area (Å²) in [7, 11) is 0. The number of amides is 3. The molecule has 0 spiro atoms. The maximum absolute atomic E-state index is 13.5. The predicted octanol–water partition coefficient (Wildman–Crippen LogP) is 5.36. The molecule has 164 valence electrons. The minimum atomic E-state index is -0.924. The summed E-state index contributed by atoms with van der Waals surface area (Å²) >= 11 is 0. The third kappa shape index (κ3) is 4.77. The average molecular weight is 435 g/mol. The molecule has 0 radical (unpaired) electrons. The van der Waals surface area contributed by atoms with Crippen LogP contribution in [0.3, 0.4) is 0 Å². The number of hydrogen-bond acceptors (Lipinski definition) is 2. The monoisotopic (exact) mass is 435 g/mol. The van der Waals surface area contributed by atoms with Crippen molar-refractivity contribution in [2.24, 2.45) is 0 Å². The first-order valence-electron chi connectivity index (χ1n) is 10.4. The van der Waals surface area contributed by atoms with E-state index in [0.717, 1.165) is 24.1 Å². The quantitative estimate of drug-likeness (QED) is 0.587. The van der Waals surface area contributed by atoms with Crippen LogP contribution in [0.15, 0.2) is 66.7 Å². The number of anilines is 2. The van der Waals surface area contributed by atoms with Gasteiger partial charge in [0.15, 0.2) is 11.6 Å². The molecular weight excluding hydrogens is 412 g/mol. The molecule has 3 amide bonds. The van der Waals surface area contributed by atoms with E-state index >= 15 is 0 Å². The van der Waals surface area contributed by atoms with Crippen LogP contribution >= 0.6 is 0 Å². The van der Waals surface area contributed by atoms with E-state index < -0.39 is 11.6 Å². The van der Waals surface area contributed by atoms with Crippen molar-refractivity contribution in [3.8, 4) is 0 Å². The van der Waals surface area contributed by atoms with E-state index in [1.165, 1.54) is 6.07 Å². The molecule has 1 fully saturated rings. The Morgan fingerprint density at radius 2 is 1.75 bits per heavy atom. The lowest BCUT2D eigenvalue weighted by Gasteiger charge is -2.35. The predicted molar refractivity (Wildman–Crippen MR) is 120 cm³/mol. The smallest absolute Gasteiger partial charge is 0.322 e. The largest absolute Gasteiger partial charge is 0.324 e. The summed E-state index contributed by atoms with van der Waals surface area (Å²) in [6.45, 7) is 3.23. The van der Waals surface area contributed by atoms with Gasteiger partial charge >= 0.3 is 6.03 Å². The Hall–Kier alpha value is -3.74. The number of halogens is 2. The fraction of sp³-hybridized carbons (Fsp3) is 0.200. The van der Waals surface area contributed by atoms with Crippen LogP contribution in [0.2, 0.25) is 0 Å². The Bertz CT molecular complexity index is 1150.